The highest BCUT2D eigenvalue weighted by molar-refractivity contribution is 7.09. The van der Waals surface area contributed by atoms with Crippen molar-refractivity contribution in [2.24, 2.45) is 12.0 Å². The molecule has 0 bridgehead atoms. The van der Waals surface area contributed by atoms with E-state index in [1.165, 1.54) is 10.4 Å². The summed E-state index contributed by atoms with van der Waals surface area (Å²) in [6, 6.07) is 6.40. The molecule has 0 aliphatic heterocycles. The molecule has 4 nitrogen and oxygen atoms in total. The van der Waals surface area contributed by atoms with Gasteiger partial charge in [0.1, 0.15) is 0 Å². The molecule has 0 amide bonds. The summed E-state index contributed by atoms with van der Waals surface area (Å²) in [6.45, 7) is 1.77. The molecule has 0 spiro atoms. The standard InChI is InChI=1S/C15H22N4S/c1-16-15(17-11-13-6-8-18(2)12-13)19(3)9-7-14-5-4-10-20-14/h4-6,8,10,12H,7,9,11H2,1-3H3,(H,16,17). The highest BCUT2D eigenvalue weighted by Crippen LogP contribution is 2.09. The molecule has 20 heavy (non-hydrogen) atoms. The Hall–Kier alpha value is -1.75. The van der Waals surface area contributed by atoms with Crippen molar-refractivity contribution in [1.29, 1.82) is 0 Å². The molecule has 5 heteroatoms. The van der Waals surface area contributed by atoms with E-state index in [1.807, 2.05) is 25.4 Å². The molecule has 2 aromatic heterocycles. The van der Waals surface area contributed by atoms with Crippen molar-refractivity contribution in [3.05, 3.63) is 46.4 Å². The Morgan fingerprint density at radius 1 is 1.45 bits per heavy atom. The molecule has 2 rings (SSSR count). The van der Waals surface area contributed by atoms with E-state index in [4.69, 9.17) is 0 Å². The first-order valence-electron chi connectivity index (χ1n) is 6.74. The summed E-state index contributed by atoms with van der Waals surface area (Å²) < 4.78 is 2.06. The number of nitrogens with one attached hydrogen (secondary N) is 1. The summed E-state index contributed by atoms with van der Waals surface area (Å²) in [5.74, 6) is 0.936. The number of aliphatic imine (C=N–C) groups is 1. The van der Waals surface area contributed by atoms with Crippen LogP contribution in [0.5, 0.6) is 0 Å². The van der Waals surface area contributed by atoms with E-state index in [0.29, 0.717) is 0 Å². The van der Waals surface area contributed by atoms with Crippen LogP contribution in [-0.4, -0.2) is 36.1 Å². The van der Waals surface area contributed by atoms with Gasteiger partial charge in [0.05, 0.1) is 0 Å². The van der Waals surface area contributed by atoms with E-state index < -0.39 is 0 Å². The highest BCUT2D eigenvalue weighted by Gasteiger charge is 2.06. The number of likely N-dealkylation sites (N-methyl/N-ethyl adjacent to an activating group) is 1. The van der Waals surface area contributed by atoms with Gasteiger partial charge in [0, 0.05) is 51.5 Å². The fourth-order valence-corrected chi connectivity index (χ4v) is 2.77. The van der Waals surface area contributed by atoms with Crippen molar-refractivity contribution in [3.63, 3.8) is 0 Å². The second kappa shape index (κ2) is 7.14. The van der Waals surface area contributed by atoms with Crippen LogP contribution in [0.15, 0.2) is 41.0 Å². The predicted molar refractivity (Wildman–Crippen MR) is 86.3 cm³/mol. The molecule has 0 aromatic carbocycles. The summed E-state index contributed by atoms with van der Waals surface area (Å²) in [4.78, 5) is 7.92. The van der Waals surface area contributed by atoms with Gasteiger partial charge in [-0.05, 0) is 29.5 Å². The van der Waals surface area contributed by atoms with E-state index in [-0.39, 0.29) is 0 Å². The van der Waals surface area contributed by atoms with Gasteiger partial charge in [-0.15, -0.1) is 11.3 Å². The van der Waals surface area contributed by atoms with Gasteiger partial charge in [0.25, 0.3) is 0 Å². The van der Waals surface area contributed by atoms with Crippen LogP contribution in [-0.2, 0) is 20.0 Å². The zero-order valence-electron chi connectivity index (χ0n) is 12.3. The second-order valence-corrected chi connectivity index (χ2v) is 5.87. The predicted octanol–water partition coefficient (Wildman–Crippen LogP) is 2.34. The van der Waals surface area contributed by atoms with Crippen molar-refractivity contribution >= 4 is 17.3 Å². The first-order chi connectivity index (χ1) is 9.69. The second-order valence-electron chi connectivity index (χ2n) is 4.84. The first-order valence-corrected chi connectivity index (χ1v) is 7.62. The Morgan fingerprint density at radius 2 is 2.30 bits per heavy atom. The minimum absolute atomic E-state index is 0.802. The van der Waals surface area contributed by atoms with Crippen LogP contribution in [0.2, 0.25) is 0 Å². The van der Waals surface area contributed by atoms with Crippen LogP contribution < -0.4 is 5.32 Å². The average Bonchev–Trinajstić information content (AvgIpc) is 3.08. The molecular formula is C15H22N4S. The number of hydrogen-bond donors (Lipinski definition) is 1. The van der Waals surface area contributed by atoms with Crippen molar-refractivity contribution in [1.82, 2.24) is 14.8 Å². The third-order valence-electron chi connectivity index (χ3n) is 3.19. The Kier molecular flexibility index (Phi) is 5.24. The van der Waals surface area contributed by atoms with Crippen molar-refractivity contribution in [2.45, 2.75) is 13.0 Å². The topological polar surface area (TPSA) is 32.6 Å². The van der Waals surface area contributed by atoms with Crippen molar-refractivity contribution in [2.75, 3.05) is 20.6 Å². The monoisotopic (exact) mass is 290 g/mol. The van der Waals surface area contributed by atoms with E-state index in [1.54, 1.807) is 0 Å². The highest BCUT2D eigenvalue weighted by atomic mass is 32.1. The minimum Gasteiger partial charge on any atom is -0.357 e. The summed E-state index contributed by atoms with van der Waals surface area (Å²) in [5.41, 5.74) is 1.26. The quantitative estimate of drug-likeness (QED) is 0.677. The Bertz CT molecular complexity index is 542. The van der Waals surface area contributed by atoms with Crippen LogP contribution in [0, 0.1) is 0 Å². The molecule has 2 aromatic rings. The van der Waals surface area contributed by atoms with Gasteiger partial charge in [-0.1, -0.05) is 6.07 Å². The van der Waals surface area contributed by atoms with Crippen LogP contribution >= 0.6 is 11.3 Å². The number of guanidine groups is 1. The van der Waals surface area contributed by atoms with Crippen LogP contribution in [0.25, 0.3) is 0 Å². The zero-order valence-corrected chi connectivity index (χ0v) is 13.2. The number of hydrogen-bond acceptors (Lipinski definition) is 2. The van der Waals surface area contributed by atoms with E-state index in [0.717, 1.165) is 25.5 Å². The maximum absolute atomic E-state index is 4.34. The zero-order chi connectivity index (χ0) is 14.4. The van der Waals surface area contributed by atoms with Gasteiger partial charge in [-0.2, -0.15) is 0 Å². The number of aromatic nitrogens is 1. The normalized spacial score (nSPS) is 11.7. The Balaban J connectivity index is 1.81. The smallest absolute Gasteiger partial charge is 0.193 e. The minimum atomic E-state index is 0.802. The van der Waals surface area contributed by atoms with Crippen LogP contribution in [0.1, 0.15) is 10.4 Å². The third-order valence-corrected chi connectivity index (χ3v) is 4.13. The first kappa shape index (κ1) is 14.7. The largest absolute Gasteiger partial charge is 0.357 e. The van der Waals surface area contributed by atoms with E-state index >= 15 is 0 Å². The molecule has 0 saturated carbocycles. The van der Waals surface area contributed by atoms with E-state index in [2.05, 4.69) is 62.8 Å². The summed E-state index contributed by atoms with van der Waals surface area (Å²) in [7, 11) is 5.94. The molecule has 0 aliphatic rings. The SMILES string of the molecule is CN=C(NCc1ccn(C)c1)N(C)CCc1cccs1. The molecule has 108 valence electrons. The van der Waals surface area contributed by atoms with Gasteiger partial charge in [0.15, 0.2) is 5.96 Å². The summed E-state index contributed by atoms with van der Waals surface area (Å²) in [5, 5.41) is 5.52. The maximum atomic E-state index is 4.34. The van der Waals surface area contributed by atoms with Gasteiger partial charge in [-0.25, -0.2) is 0 Å². The molecule has 0 fully saturated rings. The molecular weight excluding hydrogens is 268 g/mol. The third kappa shape index (κ3) is 4.13. The lowest BCUT2D eigenvalue weighted by atomic mass is 10.3. The molecule has 0 atom stereocenters. The lowest BCUT2D eigenvalue weighted by Crippen LogP contribution is -2.39. The molecule has 1 N–H and O–H groups in total. The molecule has 0 aliphatic carbocycles. The van der Waals surface area contributed by atoms with Crippen LogP contribution in [0.4, 0.5) is 0 Å². The van der Waals surface area contributed by atoms with Crippen molar-refractivity contribution < 1.29 is 0 Å². The average molecular weight is 290 g/mol. The number of aryl methyl sites for hydroxylation is 1. The van der Waals surface area contributed by atoms with Gasteiger partial charge in [0.2, 0.25) is 0 Å². The lowest BCUT2D eigenvalue weighted by molar-refractivity contribution is 0.486. The summed E-state index contributed by atoms with van der Waals surface area (Å²) in [6.07, 6.45) is 5.23. The Morgan fingerprint density at radius 3 is 2.90 bits per heavy atom. The fraction of sp³-hybridized carbons (Fsp3) is 0.400. The van der Waals surface area contributed by atoms with Gasteiger partial charge < -0.3 is 14.8 Å². The number of nitrogens with zero attached hydrogens (tertiary/aromatic N) is 3. The van der Waals surface area contributed by atoms with E-state index in [9.17, 15) is 0 Å². The maximum Gasteiger partial charge on any atom is 0.193 e. The Labute approximate surface area is 124 Å². The molecule has 0 saturated heterocycles. The fourth-order valence-electron chi connectivity index (χ4n) is 2.07. The lowest BCUT2D eigenvalue weighted by Gasteiger charge is -2.21. The molecule has 0 unspecified atom stereocenters. The van der Waals surface area contributed by atoms with Gasteiger partial charge in [-0.3, -0.25) is 4.99 Å². The van der Waals surface area contributed by atoms with Gasteiger partial charge >= 0.3 is 0 Å². The van der Waals surface area contributed by atoms with Crippen LogP contribution in [0.3, 0.4) is 0 Å². The number of thiophene rings is 1. The number of rotatable bonds is 5. The summed E-state index contributed by atoms with van der Waals surface area (Å²) >= 11 is 1.81. The molecule has 0 radical (unpaired) electrons. The van der Waals surface area contributed by atoms with Crippen molar-refractivity contribution in [3.8, 4) is 0 Å². The molecule has 2 heterocycles.